The maximum atomic E-state index is 8.84. The summed E-state index contributed by atoms with van der Waals surface area (Å²) in [6.07, 6.45) is 6.95. The molecule has 0 aromatic carbocycles. The van der Waals surface area contributed by atoms with Gasteiger partial charge in [0.15, 0.2) is 0 Å². The van der Waals surface area contributed by atoms with Crippen LogP contribution in [0.25, 0.3) is 0 Å². The number of aliphatic hydroxyl groups excluding tert-OH is 1. The fraction of sp³-hybridized carbons (Fsp3) is 1.00. The van der Waals surface area contributed by atoms with Gasteiger partial charge < -0.3 is 15.7 Å². The molecule has 1 atom stereocenters. The Kier molecular flexibility index (Phi) is 5.45. The van der Waals surface area contributed by atoms with E-state index in [0.29, 0.717) is 0 Å². The first-order chi connectivity index (χ1) is 6.72. The van der Waals surface area contributed by atoms with Gasteiger partial charge in [-0.15, -0.1) is 0 Å². The molecule has 14 heavy (non-hydrogen) atoms. The van der Waals surface area contributed by atoms with Crippen LogP contribution in [0, 0.1) is 5.92 Å². The highest BCUT2D eigenvalue weighted by molar-refractivity contribution is 4.71. The Balaban J connectivity index is 2.14. The Hall–Kier alpha value is -0.120. The predicted octanol–water partition coefficient (Wildman–Crippen LogP) is 0.818. The van der Waals surface area contributed by atoms with Crippen LogP contribution >= 0.6 is 0 Å². The summed E-state index contributed by atoms with van der Waals surface area (Å²) in [4.78, 5) is 2.26. The summed E-state index contributed by atoms with van der Waals surface area (Å²) in [7, 11) is 2.10. The number of hydrogen-bond donors (Lipinski definition) is 2. The molecule has 3 N–H and O–H groups in total. The van der Waals surface area contributed by atoms with E-state index in [2.05, 4.69) is 11.9 Å². The summed E-state index contributed by atoms with van der Waals surface area (Å²) < 4.78 is 0. The lowest BCUT2D eigenvalue weighted by Gasteiger charge is -2.28. The molecule has 0 heterocycles. The number of nitrogens with zero attached hydrogens (tertiary/aromatic N) is 1. The fourth-order valence-electron chi connectivity index (χ4n) is 2.34. The standard InChI is InChI=1S/C11H24N2O/c1-13(8-11(12)9-14)7-10-5-3-2-4-6-10/h10-11,14H,2-9,12H2,1H3. The molecule has 0 radical (unpaired) electrons. The normalized spacial score (nSPS) is 21.4. The monoisotopic (exact) mass is 200 g/mol. The Bertz CT molecular complexity index is 146. The number of rotatable bonds is 5. The molecule has 0 aliphatic heterocycles. The second-order valence-corrected chi connectivity index (χ2v) is 4.67. The molecule has 0 bridgehead atoms. The van der Waals surface area contributed by atoms with Gasteiger partial charge in [0, 0.05) is 19.1 Å². The molecule has 3 heteroatoms. The van der Waals surface area contributed by atoms with Crippen molar-refractivity contribution >= 4 is 0 Å². The number of likely N-dealkylation sites (N-methyl/N-ethyl adjacent to an activating group) is 1. The van der Waals surface area contributed by atoms with Crippen molar-refractivity contribution in [1.29, 1.82) is 0 Å². The van der Waals surface area contributed by atoms with Crippen molar-refractivity contribution in [2.75, 3.05) is 26.7 Å². The third-order valence-electron chi connectivity index (χ3n) is 3.08. The SMILES string of the molecule is CN(CC(N)CO)CC1CCCCC1. The highest BCUT2D eigenvalue weighted by Crippen LogP contribution is 2.23. The zero-order valence-corrected chi connectivity index (χ0v) is 9.28. The maximum Gasteiger partial charge on any atom is 0.0595 e. The lowest BCUT2D eigenvalue weighted by atomic mass is 9.89. The average Bonchev–Trinajstić information content (AvgIpc) is 2.19. The van der Waals surface area contributed by atoms with Crippen molar-refractivity contribution in [2.24, 2.45) is 11.7 Å². The highest BCUT2D eigenvalue weighted by atomic mass is 16.3. The third-order valence-corrected chi connectivity index (χ3v) is 3.08. The van der Waals surface area contributed by atoms with Crippen LogP contribution in [0.5, 0.6) is 0 Å². The molecule has 1 aliphatic carbocycles. The molecule has 0 aromatic heterocycles. The van der Waals surface area contributed by atoms with Crippen LogP contribution in [0.2, 0.25) is 0 Å². The van der Waals surface area contributed by atoms with Crippen LogP contribution in [0.1, 0.15) is 32.1 Å². The van der Waals surface area contributed by atoms with Gasteiger partial charge in [-0.3, -0.25) is 0 Å². The van der Waals surface area contributed by atoms with Crippen LogP contribution in [0.3, 0.4) is 0 Å². The quantitative estimate of drug-likeness (QED) is 0.691. The molecule has 3 nitrogen and oxygen atoms in total. The first-order valence-corrected chi connectivity index (χ1v) is 5.77. The van der Waals surface area contributed by atoms with Gasteiger partial charge in [0.25, 0.3) is 0 Å². The minimum absolute atomic E-state index is 0.0800. The topological polar surface area (TPSA) is 49.5 Å². The average molecular weight is 200 g/mol. The molecule has 1 saturated carbocycles. The molecule has 0 saturated heterocycles. The molecular formula is C11H24N2O. The Labute approximate surface area is 87.3 Å². The van der Waals surface area contributed by atoms with E-state index in [1.807, 2.05) is 0 Å². The van der Waals surface area contributed by atoms with E-state index in [-0.39, 0.29) is 12.6 Å². The van der Waals surface area contributed by atoms with Gasteiger partial charge in [-0.25, -0.2) is 0 Å². The summed E-state index contributed by atoms with van der Waals surface area (Å²) >= 11 is 0. The van der Waals surface area contributed by atoms with Crippen LogP contribution in [0.15, 0.2) is 0 Å². The van der Waals surface area contributed by atoms with Gasteiger partial charge >= 0.3 is 0 Å². The number of hydrogen-bond acceptors (Lipinski definition) is 3. The van der Waals surface area contributed by atoms with Gasteiger partial charge in [-0.1, -0.05) is 19.3 Å². The summed E-state index contributed by atoms with van der Waals surface area (Å²) in [5.74, 6) is 0.861. The van der Waals surface area contributed by atoms with E-state index in [4.69, 9.17) is 10.8 Å². The molecule has 0 aromatic rings. The summed E-state index contributed by atoms with van der Waals surface area (Å²) in [6, 6.07) is -0.0800. The lowest BCUT2D eigenvalue weighted by molar-refractivity contribution is 0.191. The minimum Gasteiger partial charge on any atom is -0.395 e. The fourth-order valence-corrected chi connectivity index (χ4v) is 2.34. The number of nitrogens with two attached hydrogens (primary N) is 1. The molecule has 84 valence electrons. The largest absolute Gasteiger partial charge is 0.395 e. The van der Waals surface area contributed by atoms with E-state index in [1.165, 1.54) is 32.1 Å². The lowest BCUT2D eigenvalue weighted by Crippen LogP contribution is -2.40. The van der Waals surface area contributed by atoms with Crippen molar-refractivity contribution in [1.82, 2.24) is 4.90 Å². The highest BCUT2D eigenvalue weighted by Gasteiger charge is 2.16. The van der Waals surface area contributed by atoms with E-state index < -0.39 is 0 Å². The molecule has 1 unspecified atom stereocenters. The Morgan fingerprint density at radius 3 is 2.57 bits per heavy atom. The minimum atomic E-state index is -0.0800. The zero-order valence-electron chi connectivity index (χ0n) is 9.28. The van der Waals surface area contributed by atoms with Gasteiger partial charge in [0.2, 0.25) is 0 Å². The Morgan fingerprint density at radius 1 is 1.36 bits per heavy atom. The van der Waals surface area contributed by atoms with Gasteiger partial charge in [-0.05, 0) is 25.8 Å². The van der Waals surface area contributed by atoms with Crippen LogP contribution in [-0.4, -0.2) is 42.8 Å². The van der Waals surface area contributed by atoms with Crippen molar-refractivity contribution in [2.45, 2.75) is 38.1 Å². The van der Waals surface area contributed by atoms with Crippen molar-refractivity contribution < 1.29 is 5.11 Å². The molecule has 1 aliphatic rings. The van der Waals surface area contributed by atoms with E-state index in [1.54, 1.807) is 0 Å². The summed E-state index contributed by atoms with van der Waals surface area (Å²) in [5.41, 5.74) is 5.69. The molecular weight excluding hydrogens is 176 g/mol. The maximum absolute atomic E-state index is 8.84. The Morgan fingerprint density at radius 2 is 2.00 bits per heavy atom. The molecule has 0 amide bonds. The molecule has 1 fully saturated rings. The smallest absolute Gasteiger partial charge is 0.0595 e. The number of aliphatic hydroxyl groups is 1. The van der Waals surface area contributed by atoms with E-state index >= 15 is 0 Å². The van der Waals surface area contributed by atoms with Crippen molar-refractivity contribution in [3.05, 3.63) is 0 Å². The van der Waals surface area contributed by atoms with Gasteiger partial charge in [0.1, 0.15) is 0 Å². The molecule has 0 spiro atoms. The second kappa shape index (κ2) is 6.38. The first-order valence-electron chi connectivity index (χ1n) is 5.77. The van der Waals surface area contributed by atoms with Crippen LogP contribution in [0.4, 0.5) is 0 Å². The van der Waals surface area contributed by atoms with Crippen molar-refractivity contribution in [3.8, 4) is 0 Å². The van der Waals surface area contributed by atoms with Crippen LogP contribution in [-0.2, 0) is 0 Å². The van der Waals surface area contributed by atoms with E-state index in [0.717, 1.165) is 19.0 Å². The summed E-state index contributed by atoms with van der Waals surface area (Å²) in [5, 5.41) is 8.84. The second-order valence-electron chi connectivity index (χ2n) is 4.67. The van der Waals surface area contributed by atoms with E-state index in [9.17, 15) is 0 Å². The molecule has 1 rings (SSSR count). The van der Waals surface area contributed by atoms with Crippen LogP contribution < -0.4 is 5.73 Å². The zero-order chi connectivity index (χ0) is 10.4. The van der Waals surface area contributed by atoms with Gasteiger partial charge in [-0.2, -0.15) is 0 Å². The third kappa shape index (κ3) is 4.40. The van der Waals surface area contributed by atoms with Gasteiger partial charge in [0.05, 0.1) is 6.61 Å². The van der Waals surface area contributed by atoms with Crippen molar-refractivity contribution in [3.63, 3.8) is 0 Å². The summed E-state index contributed by atoms with van der Waals surface area (Å²) in [6.45, 7) is 2.05. The first kappa shape index (κ1) is 12.0. The predicted molar refractivity (Wildman–Crippen MR) is 59.1 cm³/mol.